The molecule has 3 nitrogen and oxygen atoms in total. The highest BCUT2D eigenvalue weighted by Crippen LogP contribution is 2.26. The average Bonchev–Trinajstić information content (AvgIpc) is 2.50. The summed E-state index contributed by atoms with van der Waals surface area (Å²) in [6.45, 7) is 2.54. The van der Waals surface area contributed by atoms with Crippen molar-refractivity contribution < 1.29 is 13.6 Å². The number of alkyl halides is 2. The van der Waals surface area contributed by atoms with Gasteiger partial charge in [-0.2, -0.15) is 5.26 Å². The summed E-state index contributed by atoms with van der Waals surface area (Å²) >= 11 is 0. The van der Waals surface area contributed by atoms with Gasteiger partial charge in [-0.1, -0.05) is 37.3 Å². The molecule has 0 aliphatic carbocycles. The van der Waals surface area contributed by atoms with Crippen molar-refractivity contribution in [3.8, 4) is 6.07 Å². The van der Waals surface area contributed by atoms with Crippen LogP contribution in [-0.4, -0.2) is 17.4 Å². The lowest BCUT2D eigenvalue weighted by Crippen LogP contribution is -2.47. The van der Waals surface area contributed by atoms with Crippen LogP contribution >= 0.6 is 0 Å². The number of nitrogens with one attached hydrogen (secondary N) is 1. The lowest BCUT2D eigenvalue weighted by molar-refractivity contribution is -0.122. The number of carbonyl (C=O) groups is 1. The fraction of sp³-hybridized carbons (Fsp3) is 0.529. The van der Waals surface area contributed by atoms with Gasteiger partial charge in [0.1, 0.15) is 5.54 Å². The van der Waals surface area contributed by atoms with Crippen molar-refractivity contribution in [2.45, 2.75) is 57.4 Å². The number of nitrogens with zero attached hydrogens (tertiary/aromatic N) is 1. The van der Waals surface area contributed by atoms with Crippen LogP contribution in [0, 0.1) is 11.3 Å². The van der Waals surface area contributed by atoms with E-state index in [4.69, 9.17) is 0 Å². The highest BCUT2D eigenvalue weighted by atomic mass is 19.3. The Labute approximate surface area is 130 Å². The van der Waals surface area contributed by atoms with Crippen molar-refractivity contribution in [1.82, 2.24) is 5.32 Å². The number of rotatable bonds is 8. The maximum atomic E-state index is 13.0. The molecule has 0 fully saturated rings. The standard InChI is InChI=1S/C17H22F2N2O/c1-3-17(13-20,12-11-16(2,18)19)21-15(22)10-9-14-7-5-4-6-8-14/h4-8H,3,9-12H2,1-2H3,(H,21,22). The van der Waals surface area contributed by atoms with Crippen molar-refractivity contribution in [3.63, 3.8) is 0 Å². The Hall–Kier alpha value is -1.96. The summed E-state index contributed by atoms with van der Waals surface area (Å²) in [5.74, 6) is -3.13. The Morgan fingerprint density at radius 2 is 1.91 bits per heavy atom. The molecule has 120 valence electrons. The van der Waals surface area contributed by atoms with E-state index in [2.05, 4.69) is 5.32 Å². The zero-order valence-electron chi connectivity index (χ0n) is 13.0. The van der Waals surface area contributed by atoms with Crippen molar-refractivity contribution >= 4 is 5.91 Å². The maximum absolute atomic E-state index is 13.0. The summed E-state index contributed by atoms with van der Waals surface area (Å²) in [6, 6.07) is 11.5. The van der Waals surface area contributed by atoms with E-state index in [1.165, 1.54) is 0 Å². The van der Waals surface area contributed by atoms with E-state index in [1.807, 2.05) is 36.4 Å². The minimum Gasteiger partial charge on any atom is -0.338 e. The highest BCUT2D eigenvalue weighted by Gasteiger charge is 2.34. The number of benzene rings is 1. The van der Waals surface area contributed by atoms with E-state index in [0.717, 1.165) is 12.5 Å². The normalized spacial score (nSPS) is 14.0. The van der Waals surface area contributed by atoms with E-state index in [9.17, 15) is 18.8 Å². The van der Waals surface area contributed by atoms with Crippen LogP contribution in [0.25, 0.3) is 0 Å². The van der Waals surface area contributed by atoms with Gasteiger partial charge in [0.15, 0.2) is 0 Å². The summed E-state index contributed by atoms with van der Waals surface area (Å²) in [6.07, 6.45) is 0.613. The van der Waals surface area contributed by atoms with Gasteiger partial charge in [-0.3, -0.25) is 4.79 Å². The Morgan fingerprint density at radius 1 is 1.27 bits per heavy atom. The summed E-state index contributed by atoms with van der Waals surface area (Å²) in [4.78, 5) is 12.0. The molecule has 1 aromatic rings. The van der Waals surface area contributed by atoms with Gasteiger partial charge in [0.2, 0.25) is 11.8 Å². The van der Waals surface area contributed by atoms with Crippen LogP contribution in [0.1, 0.15) is 45.1 Å². The predicted molar refractivity (Wildman–Crippen MR) is 81.4 cm³/mol. The third-order valence-electron chi connectivity index (χ3n) is 3.67. The molecule has 1 atom stereocenters. The number of amides is 1. The second-order valence-electron chi connectivity index (χ2n) is 5.65. The molecule has 0 saturated carbocycles. The van der Waals surface area contributed by atoms with Gasteiger partial charge in [0.25, 0.3) is 0 Å². The number of hydrogen-bond donors (Lipinski definition) is 1. The molecule has 1 aromatic carbocycles. The molecule has 1 N–H and O–H groups in total. The first-order valence-electron chi connectivity index (χ1n) is 7.44. The molecule has 0 saturated heterocycles. The summed E-state index contributed by atoms with van der Waals surface area (Å²) in [5.41, 5.74) is -0.190. The third-order valence-corrected chi connectivity index (χ3v) is 3.67. The molecule has 0 spiro atoms. The molecule has 1 unspecified atom stereocenters. The Morgan fingerprint density at radius 3 is 2.41 bits per heavy atom. The second-order valence-corrected chi connectivity index (χ2v) is 5.65. The number of halogens is 2. The second kappa shape index (κ2) is 7.88. The quantitative estimate of drug-likeness (QED) is 0.793. The van der Waals surface area contributed by atoms with Crippen LogP contribution in [0.15, 0.2) is 30.3 Å². The van der Waals surface area contributed by atoms with Crippen molar-refractivity contribution in [1.29, 1.82) is 5.26 Å². The van der Waals surface area contributed by atoms with Crippen LogP contribution in [0.2, 0.25) is 0 Å². The number of aryl methyl sites for hydroxylation is 1. The van der Waals surface area contributed by atoms with Crippen LogP contribution in [0.3, 0.4) is 0 Å². The van der Waals surface area contributed by atoms with Crippen molar-refractivity contribution in [2.24, 2.45) is 0 Å². The molecule has 0 aromatic heterocycles. The lowest BCUT2D eigenvalue weighted by Gasteiger charge is -2.27. The Bertz CT molecular complexity index is 520. The monoisotopic (exact) mass is 308 g/mol. The molecular weight excluding hydrogens is 286 g/mol. The first-order chi connectivity index (χ1) is 10.3. The third kappa shape index (κ3) is 6.21. The summed E-state index contributed by atoms with van der Waals surface area (Å²) in [5, 5.41) is 11.9. The minimum absolute atomic E-state index is 0.0550. The first kappa shape index (κ1) is 18.1. The smallest absolute Gasteiger partial charge is 0.245 e. The molecule has 0 bridgehead atoms. The molecule has 0 aliphatic heterocycles. The summed E-state index contributed by atoms with van der Waals surface area (Å²) in [7, 11) is 0. The molecule has 0 aliphatic rings. The van der Waals surface area contributed by atoms with Crippen LogP contribution < -0.4 is 5.32 Å². The molecular formula is C17H22F2N2O. The topological polar surface area (TPSA) is 52.9 Å². The van der Waals surface area contributed by atoms with Gasteiger partial charge >= 0.3 is 0 Å². The number of hydrogen-bond acceptors (Lipinski definition) is 2. The number of carbonyl (C=O) groups excluding carboxylic acids is 1. The van der Waals surface area contributed by atoms with E-state index in [0.29, 0.717) is 12.8 Å². The number of nitriles is 1. The van der Waals surface area contributed by atoms with Crippen LogP contribution in [0.5, 0.6) is 0 Å². The van der Waals surface area contributed by atoms with Gasteiger partial charge in [-0.05, 0) is 31.7 Å². The van der Waals surface area contributed by atoms with E-state index < -0.39 is 17.9 Å². The van der Waals surface area contributed by atoms with Gasteiger partial charge < -0.3 is 5.32 Å². The lowest BCUT2D eigenvalue weighted by atomic mass is 9.90. The first-order valence-corrected chi connectivity index (χ1v) is 7.44. The highest BCUT2D eigenvalue weighted by molar-refractivity contribution is 5.77. The molecule has 0 radical (unpaired) electrons. The van der Waals surface area contributed by atoms with E-state index in [-0.39, 0.29) is 18.7 Å². The molecule has 5 heteroatoms. The fourth-order valence-electron chi connectivity index (χ4n) is 2.16. The molecule has 1 amide bonds. The zero-order valence-corrected chi connectivity index (χ0v) is 13.0. The summed E-state index contributed by atoms with van der Waals surface area (Å²) < 4.78 is 26.0. The molecule has 0 heterocycles. The zero-order chi connectivity index (χ0) is 16.6. The van der Waals surface area contributed by atoms with Gasteiger partial charge in [0, 0.05) is 12.8 Å². The van der Waals surface area contributed by atoms with Gasteiger partial charge in [0.05, 0.1) is 6.07 Å². The van der Waals surface area contributed by atoms with Crippen LogP contribution in [0.4, 0.5) is 8.78 Å². The fourth-order valence-corrected chi connectivity index (χ4v) is 2.16. The largest absolute Gasteiger partial charge is 0.338 e. The SMILES string of the molecule is CCC(C#N)(CCC(C)(F)F)NC(=O)CCc1ccccc1. The van der Waals surface area contributed by atoms with E-state index in [1.54, 1.807) is 6.92 Å². The average molecular weight is 308 g/mol. The minimum atomic E-state index is -2.84. The van der Waals surface area contributed by atoms with E-state index >= 15 is 0 Å². The van der Waals surface area contributed by atoms with Gasteiger partial charge in [-0.25, -0.2) is 8.78 Å². The van der Waals surface area contributed by atoms with Gasteiger partial charge in [-0.15, -0.1) is 0 Å². The Balaban J connectivity index is 2.58. The van der Waals surface area contributed by atoms with Crippen molar-refractivity contribution in [2.75, 3.05) is 0 Å². The van der Waals surface area contributed by atoms with Crippen LogP contribution in [-0.2, 0) is 11.2 Å². The predicted octanol–water partition coefficient (Wildman–Crippen LogP) is 3.84. The van der Waals surface area contributed by atoms with Crippen molar-refractivity contribution in [3.05, 3.63) is 35.9 Å². The Kier molecular flexibility index (Phi) is 6.48. The molecule has 1 rings (SSSR count). The molecule has 22 heavy (non-hydrogen) atoms. The maximum Gasteiger partial charge on any atom is 0.245 e.